The van der Waals surface area contributed by atoms with E-state index in [1.165, 1.54) is 18.4 Å². The van der Waals surface area contributed by atoms with E-state index in [-0.39, 0.29) is 5.63 Å². The second-order valence-electron chi connectivity index (χ2n) is 7.52. The Kier molecular flexibility index (Phi) is 3.97. The van der Waals surface area contributed by atoms with Crippen LogP contribution in [0.5, 0.6) is 0 Å². The van der Waals surface area contributed by atoms with Crippen molar-refractivity contribution in [1.82, 2.24) is 4.90 Å². The zero-order chi connectivity index (χ0) is 16.8. The van der Waals surface area contributed by atoms with Crippen molar-refractivity contribution in [3.63, 3.8) is 0 Å². The first-order valence-electron chi connectivity index (χ1n) is 8.84. The number of hydrogen-bond acceptors (Lipinski definition) is 4. The van der Waals surface area contributed by atoms with Gasteiger partial charge in [0.2, 0.25) is 0 Å². The Balaban J connectivity index is 1.66. The van der Waals surface area contributed by atoms with Crippen LogP contribution in [-0.4, -0.2) is 31.2 Å². The summed E-state index contributed by atoms with van der Waals surface area (Å²) in [5.41, 5.74) is 3.92. The molecule has 1 aliphatic heterocycles. The Hall–Kier alpha value is -1.65. The molecule has 2 bridgehead atoms. The number of rotatable bonds is 3. The molecule has 128 valence electrons. The van der Waals surface area contributed by atoms with E-state index in [4.69, 9.17) is 9.15 Å². The van der Waals surface area contributed by atoms with Gasteiger partial charge in [-0.25, -0.2) is 4.79 Å². The summed E-state index contributed by atoms with van der Waals surface area (Å²) in [5, 5.41) is 1.07. The van der Waals surface area contributed by atoms with Gasteiger partial charge < -0.3 is 9.15 Å². The topological polar surface area (TPSA) is 42.7 Å². The minimum absolute atomic E-state index is 0.254. The molecule has 4 heteroatoms. The number of ether oxygens (including phenoxy) is 1. The minimum atomic E-state index is -0.254. The zero-order valence-corrected chi connectivity index (χ0v) is 14.7. The maximum Gasteiger partial charge on any atom is 0.336 e. The standard InChI is InChI=1S/C20H25NO3/c1-12-6-17-16(8-19(22)24-18(17)7-13(12)2)11-21-9-14-4-5-15(10-21)20(14)23-3/h6-8,14-15,20H,4-5,9-11H2,1-3H3/t14-,15+,20?. The number of fused-ring (bicyclic) bond motifs is 3. The van der Waals surface area contributed by atoms with Gasteiger partial charge in [-0.2, -0.15) is 0 Å². The molecule has 1 unspecified atom stereocenters. The molecule has 2 heterocycles. The molecule has 24 heavy (non-hydrogen) atoms. The second kappa shape index (κ2) is 6.01. The van der Waals surface area contributed by atoms with Crippen molar-refractivity contribution in [3.05, 3.63) is 45.3 Å². The van der Waals surface area contributed by atoms with E-state index in [1.807, 2.05) is 13.2 Å². The zero-order valence-electron chi connectivity index (χ0n) is 14.7. The molecular weight excluding hydrogens is 302 g/mol. The summed E-state index contributed by atoms with van der Waals surface area (Å²) in [7, 11) is 1.84. The summed E-state index contributed by atoms with van der Waals surface area (Å²) in [6.07, 6.45) is 2.94. The van der Waals surface area contributed by atoms with Crippen LogP contribution in [0.2, 0.25) is 0 Å². The fourth-order valence-corrected chi connectivity index (χ4v) is 4.64. The van der Waals surface area contributed by atoms with Crippen molar-refractivity contribution in [2.45, 2.75) is 39.3 Å². The van der Waals surface area contributed by atoms with Gasteiger partial charge in [-0.1, -0.05) is 0 Å². The third kappa shape index (κ3) is 2.68. The number of aryl methyl sites for hydroxylation is 2. The van der Waals surface area contributed by atoms with Crippen LogP contribution in [0.15, 0.2) is 27.4 Å². The van der Waals surface area contributed by atoms with Crippen LogP contribution in [-0.2, 0) is 11.3 Å². The van der Waals surface area contributed by atoms with Crippen LogP contribution in [0.25, 0.3) is 11.0 Å². The molecule has 2 aliphatic rings. The monoisotopic (exact) mass is 327 g/mol. The van der Waals surface area contributed by atoms with Crippen molar-refractivity contribution >= 4 is 11.0 Å². The van der Waals surface area contributed by atoms with Gasteiger partial charge in [0.15, 0.2) is 0 Å². The predicted molar refractivity (Wildman–Crippen MR) is 94.2 cm³/mol. The van der Waals surface area contributed by atoms with E-state index in [0.717, 1.165) is 36.1 Å². The molecule has 1 aromatic carbocycles. The first-order valence-corrected chi connectivity index (χ1v) is 8.84. The highest BCUT2D eigenvalue weighted by Crippen LogP contribution is 2.39. The highest BCUT2D eigenvalue weighted by molar-refractivity contribution is 5.81. The second-order valence-corrected chi connectivity index (χ2v) is 7.52. The van der Waals surface area contributed by atoms with E-state index < -0.39 is 0 Å². The predicted octanol–water partition coefficient (Wildman–Crippen LogP) is 3.27. The van der Waals surface area contributed by atoms with Crippen LogP contribution < -0.4 is 5.63 Å². The number of nitrogens with zero attached hydrogens (tertiary/aromatic N) is 1. The van der Waals surface area contributed by atoms with E-state index >= 15 is 0 Å². The van der Waals surface area contributed by atoms with Gasteiger partial charge >= 0.3 is 5.63 Å². The highest BCUT2D eigenvalue weighted by Gasteiger charge is 2.42. The molecule has 4 rings (SSSR count). The van der Waals surface area contributed by atoms with Gasteiger partial charge in [0.25, 0.3) is 0 Å². The van der Waals surface area contributed by atoms with Crippen LogP contribution in [0, 0.1) is 25.7 Å². The molecule has 2 aromatic rings. The lowest BCUT2D eigenvalue weighted by atomic mass is 9.94. The number of piperidine rings is 1. The van der Waals surface area contributed by atoms with Crippen LogP contribution in [0.3, 0.4) is 0 Å². The number of likely N-dealkylation sites (tertiary alicyclic amines) is 1. The van der Waals surface area contributed by atoms with E-state index in [0.29, 0.717) is 23.5 Å². The molecule has 4 nitrogen and oxygen atoms in total. The Labute approximate surface area is 142 Å². The van der Waals surface area contributed by atoms with Gasteiger partial charge in [0.1, 0.15) is 5.58 Å². The number of benzene rings is 1. The Bertz CT molecular complexity index is 811. The molecular formula is C20H25NO3. The Morgan fingerprint density at radius 1 is 1.12 bits per heavy atom. The average molecular weight is 327 g/mol. The van der Waals surface area contributed by atoms with Crippen molar-refractivity contribution in [2.24, 2.45) is 11.8 Å². The molecule has 0 radical (unpaired) electrons. The summed E-state index contributed by atoms with van der Waals surface area (Å²) in [5.74, 6) is 1.26. The van der Waals surface area contributed by atoms with E-state index in [9.17, 15) is 4.79 Å². The minimum Gasteiger partial charge on any atom is -0.423 e. The van der Waals surface area contributed by atoms with E-state index in [2.05, 4.69) is 24.8 Å². The van der Waals surface area contributed by atoms with Gasteiger partial charge in [0.05, 0.1) is 6.10 Å². The van der Waals surface area contributed by atoms with Gasteiger partial charge in [-0.3, -0.25) is 4.90 Å². The fourth-order valence-electron chi connectivity index (χ4n) is 4.64. The molecule has 0 N–H and O–H groups in total. The molecule has 3 atom stereocenters. The summed E-state index contributed by atoms with van der Waals surface area (Å²) in [4.78, 5) is 14.5. The SMILES string of the molecule is COC1[C@@H]2CC[C@H]1CN(Cc1cc(=O)oc3cc(C)c(C)cc13)C2. The van der Waals surface area contributed by atoms with Crippen molar-refractivity contribution in [3.8, 4) is 0 Å². The molecule has 0 amide bonds. The Morgan fingerprint density at radius 2 is 1.79 bits per heavy atom. The van der Waals surface area contributed by atoms with E-state index in [1.54, 1.807) is 6.07 Å². The molecule has 1 saturated heterocycles. The lowest BCUT2D eigenvalue weighted by Gasteiger charge is -2.37. The van der Waals surface area contributed by atoms with Gasteiger partial charge in [0, 0.05) is 38.2 Å². The first kappa shape index (κ1) is 15.9. The quantitative estimate of drug-likeness (QED) is 0.812. The summed E-state index contributed by atoms with van der Waals surface area (Å²) in [6.45, 7) is 7.08. The van der Waals surface area contributed by atoms with Crippen LogP contribution in [0.1, 0.15) is 29.5 Å². The normalized spacial score (nSPS) is 27.0. The Morgan fingerprint density at radius 3 is 2.46 bits per heavy atom. The third-order valence-electron chi connectivity index (χ3n) is 5.93. The van der Waals surface area contributed by atoms with Crippen molar-refractivity contribution < 1.29 is 9.15 Å². The third-order valence-corrected chi connectivity index (χ3v) is 5.93. The number of hydrogen-bond donors (Lipinski definition) is 0. The van der Waals surface area contributed by atoms with Gasteiger partial charge in [-0.05, 0) is 67.3 Å². The maximum atomic E-state index is 12.0. The van der Waals surface area contributed by atoms with Crippen LogP contribution in [0.4, 0.5) is 0 Å². The van der Waals surface area contributed by atoms with Crippen LogP contribution >= 0.6 is 0 Å². The van der Waals surface area contributed by atoms with Crippen molar-refractivity contribution in [2.75, 3.05) is 20.2 Å². The molecule has 0 spiro atoms. The molecule has 2 fully saturated rings. The van der Waals surface area contributed by atoms with Gasteiger partial charge in [-0.15, -0.1) is 0 Å². The smallest absolute Gasteiger partial charge is 0.336 e. The fraction of sp³-hybridized carbons (Fsp3) is 0.550. The molecule has 1 saturated carbocycles. The highest BCUT2D eigenvalue weighted by atomic mass is 16.5. The lowest BCUT2D eigenvalue weighted by Crippen LogP contribution is -2.45. The molecule has 1 aromatic heterocycles. The summed E-state index contributed by atoms with van der Waals surface area (Å²) in [6, 6.07) is 5.80. The summed E-state index contributed by atoms with van der Waals surface area (Å²) < 4.78 is 11.1. The average Bonchev–Trinajstić information content (AvgIpc) is 2.79. The largest absolute Gasteiger partial charge is 0.423 e. The lowest BCUT2D eigenvalue weighted by molar-refractivity contribution is -0.0179. The maximum absolute atomic E-state index is 12.0. The first-order chi connectivity index (χ1) is 11.5. The summed E-state index contributed by atoms with van der Waals surface area (Å²) >= 11 is 0. The molecule has 1 aliphatic carbocycles. The number of methoxy groups -OCH3 is 1. The van der Waals surface area contributed by atoms with Crippen molar-refractivity contribution in [1.29, 1.82) is 0 Å².